The maximum absolute atomic E-state index is 12.6. The molecule has 1 aliphatic rings. The number of nitrogens with two attached hydrogens (primary N) is 1. The van der Waals surface area contributed by atoms with Crippen LogP contribution in [0.4, 0.5) is 0 Å². The van der Waals surface area contributed by atoms with E-state index < -0.39 is 0 Å². The number of benzene rings is 1. The fraction of sp³-hybridized carbons (Fsp3) is 0.533. The summed E-state index contributed by atoms with van der Waals surface area (Å²) in [7, 11) is 1.91. The average molecular weight is 325 g/mol. The number of hydrogen-bond donors (Lipinski definition) is 1. The lowest BCUT2D eigenvalue weighted by Crippen LogP contribution is -2.42. The zero-order valence-electron chi connectivity index (χ0n) is 11.5. The number of nitrogens with zero attached hydrogens (tertiary/aromatic N) is 1. The Morgan fingerprint density at radius 3 is 2.58 bits per heavy atom. The van der Waals surface area contributed by atoms with Crippen molar-refractivity contribution in [1.29, 1.82) is 0 Å². The number of carbonyl (C=O) groups is 1. The Hall–Kier alpha value is -0.870. The molecule has 19 heavy (non-hydrogen) atoms. The number of carbonyl (C=O) groups excluding carboxylic acids is 1. The summed E-state index contributed by atoms with van der Waals surface area (Å²) < 4.78 is 0.984. The van der Waals surface area contributed by atoms with E-state index in [1.807, 2.05) is 37.1 Å². The second kappa shape index (κ2) is 6.06. The summed E-state index contributed by atoms with van der Waals surface area (Å²) in [5.41, 5.74) is 7.71. The van der Waals surface area contributed by atoms with E-state index in [-0.39, 0.29) is 5.91 Å². The molecular weight excluding hydrogens is 304 g/mol. The lowest BCUT2D eigenvalue weighted by Gasteiger charge is -2.33. The minimum absolute atomic E-state index is 0.110. The quantitative estimate of drug-likeness (QED) is 0.908. The van der Waals surface area contributed by atoms with Crippen LogP contribution in [0.3, 0.4) is 0 Å². The SMILES string of the molecule is Cc1c(Br)cccc1C(=O)N(C)C1CCC(N)CC1. The average Bonchev–Trinajstić information content (AvgIpc) is 2.41. The van der Waals surface area contributed by atoms with Gasteiger partial charge in [-0.2, -0.15) is 0 Å². The lowest BCUT2D eigenvalue weighted by atomic mass is 9.90. The fourth-order valence-corrected chi connectivity index (χ4v) is 3.05. The van der Waals surface area contributed by atoms with E-state index in [1.54, 1.807) is 0 Å². The Morgan fingerprint density at radius 1 is 1.32 bits per heavy atom. The second-order valence-corrected chi connectivity index (χ2v) is 6.25. The van der Waals surface area contributed by atoms with Gasteiger partial charge in [0.1, 0.15) is 0 Å². The summed E-state index contributed by atoms with van der Waals surface area (Å²) in [5.74, 6) is 0.110. The van der Waals surface area contributed by atoms with E-state index in [2.05, 4.69) is 15.9 Å². The molecule has 1 aliphatic carbocycles. The van der Waals surface area contributed by atoms with Crippen molar-refractivity contribution >= 4 is 21.8 Å². The Kier molecular flexibility index (Phi) is 4.63. The molecule has 4 heteroatoms. The Bertz CT molecular complexity index is 467. The summed E-state index contributed by atoms with van der Waals surface area (Å²) in [6, 6.07) is 6.41. The van der Waals surface area contributed by atoms with Crippen LogP contribution >= 0.6 is 15.9 Å². The standard InChI is InChI=1S/C15H21BrN2O/c1-10-13(4-3-5-14(10)16)15(19)18(2)12-8-6-11(17)7-9-12/h3-5,11-12H,6-9,17H2,1-2H3. The molecule has 0 bridgehead atoms. The monoisotopic (exact) mass is 324 g/mol. The Labute approximate surface area is 123 Å². The van der Waals surface area contributed by atoms with Crippen molar-refractivity contribution in [2.45, 2.75) is 44.7 Å². The molecule has 0 saturated heterocycles. The van der Waals surface area contributed by atoms with Gasteiger partial charge in [-0.05, 0) is 50.3 Å². The van der Waals surface area contributed by atoms with E-state index in [1.165, 1.54) is 0 Å². The van der Waals surface area contributed by atoms with Gasteiger partial charge in [0.2, 0.25) is 0 Å². The highest BCUT2D eigenvalue weighted by Gasteiger charge is 2.26. The van der Waals surface area contributed by atoms with Crippen molar-refractivity contribution < 1.29 is 4.79 Å². The zero-order valence-corrected chi connectivity index (χ0v) is 13.1. The predicted molar refractivity (Wildman–Crippen MR) is 81.2 cm³/mol. The van der Waals surface area contributed by atoms with Crippen molar-refractivity contribution in [2.24, 2.45) is 5.73 Å². The van der Waals surface area contributed by atoms with Gasteiger partial charge < -0.3 is 10.6 Å². The molecule has 0 aromatic heterocycles. The van der Waals surface area contributed by atoms with Crippen molar-refractivity contribution in [3.63, 3.8) is 0 Å². The van der Waals surface area contributed by atoms with Crippen LogP contribution in [0.1, 0.15) is 41.6 Å². The number of rotatable bonds is 2. The lowest BCUT2D eigenvalue weighted by molar-refractivity contribution is 0.0689. The van der Waals surface area contributed by atoms with Crippen molar-refractivity contribution in [3.8, 4) is 0 Å². The smallest absolute Gasteiger partial charge is 0.254 e. The topological polar surface area (TPSA) is 46.3 Å². The summed E-state index contributed by atoms with van der Waals surface area (Å²) in [4.78, 5) is 14.5. The summed E-state index contributed by atoms with van der Waals surface area (Å²) in [6.07, 6.45) is 4.05. The van der Waals surface area contributed by atoms with Crippen LogP contribution in [0.2, 0.25) is 0 Å². The van der Waals surface area contributed by atoms with Gasteiger partial charge in [-0.3, -0.25) is 4.79 Å². The van der Waals surface area contributed by atoms with Crippen molar-refractivity contribution in [2.75, 3.05) is 7.05 Å². The van der Waals surface area contributed by atoms with Gasteiger partial charge in [0.15, 0.2) is 0 Å². The first-order valence-electron chi connectivity index (χ1n) is 6.78. The molecule has 3 nitrogen and oxygen atoms in total. The molecule has 104 valence electrons. The van der Waals surface area contributed by atoms with Crippen LogP contribution in [-0.2, 0) is 0 Å². The molecule has 0 heterocycles. The first-order chi connectivity index (χ1) is 9.00. The van der Waals surface area contributed by atoms with E-state index in [9.17, 15) is 4.79 Å². The zero-order chi connectivity index (χ0) is 14.0. The highest BCUT2D eigenvalue weighted by Crippen LogP contribution is 2.25. The maximum atomic E-state index is 12.6. The molecule has 1 amide bonds. The minimum atomic E-state index is 0.110. The van der Waals surface area contributed by atoms with E-state index in [0.717, 1.165) is 41.3 Å². The molecule has 1 aromatic carbocycles. The molecular formula is C15H21BrN2O. The Balaban J connectivity index is 2.13. The van der Waals surface area contributed by atoms with Gasteiger partial charge in [0.05, 0.1) is 0 Å². The van der Waals surface area contributed by atoms with Crippen molar-refractivity contribution in [3.05, 3.63) is 33.8 Å². The van der Waals surface area contributed by atoms with Crippen LogP contribution < -0.4 is 5.73 Å². The third-order valence-electron chi connectivity index (χ3n) is 4.11. The summed E-state index contributed by atoms with van der Waals surface area (Å²) >= 11 is 3.48. The Morgan fingerprint density at radius 2 is 1.95 bits per heavy atom. The largest absolute Gasteiger partial charge is 0.339 e. The third-order valence-corrected chi connectivity index (χ3v) is 4.97. The van der Waals surface area contributed by atoms with Gasteiger partial charge in [-0.25, -0.2) is 0 Å². The molecule has 0 unspecified atom stereocenters. The number of hydrogen-bond acceptors (Lipinski definition) is 2. The molecule has 1 saturated carbocycles. The predicted octanol–water partition coefficient (Wildman–Crippen LogP) is 3.10. The van der Waals surface area contributed by atoms with Gasteiger partial charge in [-0.15, -0.1) is 0 Å². The fourth-order valence-electron chi connectivity index (χ4n) is 2.68. The molecule has 2 rings (SSSR count). The van der Waals surface area contributed by atoms with Gasteiger partial charge in [-0.1, -0.05) is 22.0 Å². The van der Waals surface area contributed by atoms with Gasteiger partial charge in [0.25, 0.3) is 5.91 Å². The van der Waals surface area contributed by atoms with Crippen LogP contribution in [0.5, 0.6) is 0 Å². The van der Waals surface area contributed by atoms with Crippen LogP contribution in [0.25, 0.3) is 0 Å². The first kappa shape index (κ1) is 14.5. The molecule has 2 N–H and O–H groups in total. The molecule has 1 aromatic rings. The molecule has 0 atom stereocenters. The normalized spacial score (nSPS) is 23.2. The van der Waals surface area contributed by atoms with Gasteiger partial charge in [0, 0.05) is 29.2 Å². The summed E-state index contributed by atoms with van der Waals surface area (Å²) in [5, 5.41) is 0. The molecule has 0 aliphatic heterocycles. The van der Waals surface area contributed by atoms with Crippen LogP contribution in [0, 0.1) is 6.92 Å². The van der Waals surface area contributed by atoms with Crippen LogP contribution in [-0.4, -0.2) is 29.9 Å². The summed E-state index contributed by atoms with van der Waals surface area (Å²) in [6.45, 7) is 1.97. The third kappa shape index (κ3) is 3.18. The number of halogens is 1. The van der Waals surface area contributed by atoms with Crippen LogP contribution in [0.15, 0.2) is 22.7 Å². The minimum Gasteiger partial charge on any atom is -0.339 e. The van der Waals surface area contributed by atoms with Gasteiger partial charge >= 0.3 is 0 Å². The van der Waals surface area contributed by atoms with Crippen molar-refractivity contribution in [1.82, 2.24) is 4.90 Å². The number of amides is 1. The maximum Gasteiger partial charge on any atom is 0.254 e. The highest BCUT2D eigenvalue weighted by atomic mass is 79.9. The molecule has 0 spiro atoms. The van der Waals surface area contributed by atoms with E-state index >= 15 is 0 Å². The molecule has 1 fully saturated rings. The molecule has 0 radical (unpaired) electrons. The highest BCUT2D eigenvalue weighted by molar-refractivity contribution is 9.10. The van der Waals surface area contributed by atoms with E-state index in [4.69, 9.17) is 5.73 Å². The van der Waals surface area contributed by atoms with E-state index in [0.29, 0.717) is 12.1 Å². The first-order valence-corrected chi connectivity index (χ1v) is 7.58. The second-order valence-electron chi connectivity index (χ2n) is 5.40.